The normalized spacial score (nSPS) is 22.1. The van der Waals surface area contributed by atoms with Crippen molar-refractivity contribution in [3.8, 4) is 0 Å². The van der Waals surface area contributed by atoms with Crippen molar-refractivity contribution in [2.75, 3.05) is 18.8 Å². The summed E-state index contributed by atoms with van der Waals surface area (Å²) in [5.41, 5.74) is 0.917. The van der Waals surface area contributed by atoms with Gasteiger partial charge in [0.05, 0.1) is 6.04 Å². The molecule has 1 fully saturated rings. The van der Waals surface area contributed by atoms with E-state index in [0.29, 0.717) is 0 Å². The van der Waals surface area contributed by atoms with Crippen molar-refractivity contribution in [3.63, 3.8) is 0 Å². The van der Waals surface area contributed by atoms with Crippen LogP contribution in [-0.2, 0) is 0 Å². The Balaban J connectivity index is 1.77. The van der Waals surface area contributed by atoms with Crippen LogP contribution in [-0.4, -0.2) is 29.8 Å². The Hall–Kier alpha value is -1.23. The maximum Gasteiger partial charge on any atom is 0.317 e. The highest BCUT2D eigenvalue weighted by atomic mass is 32.2. The lowest BCUT2D eigenvalue weighted by Crippen LogP contribution is -2.49. The number of likely N-dealkylation sites (tertiary alicyclic amines) is 1. The summed E-state index contributed by atoms with van der Waals surface area (Å²) < 4.78 is 13.3. The highest BCUT2D eigenvalue weighted by Gasteiger charge is 2.26. The van der Waals surface area contributed by atoms with Gasteiger partial charge in [-0.15, -0.1) is 11.8 Å². The van der Waals surface area contributed by atoms with Gasteiger partial charge < -0.3 is 10.2 Å². The predicted octanol–water partition coefficient (Wildman–Crippen LogP) is 2.78. The quantitative estimate of drug-likeness (QED) is 0.847. The molecule has 18 heavy (non-hydrogen) atoms. The van der Waals surface area contributed by atoms with Crippen LogP contribution in [0, 0.1) is 5.82 Å². The van der Waals surface area contributed by atoms with E-state index in [2.05, 4.69) is 5.32 Å². The van der Waals surface area contributed by atoms with Crippen LogP contribution in [0.25, 0.3) is 0 Å². The van der Waals surface area contributed by atoms with E-state index in [9.17, 15) is 9.18 Å². The highest BCUT2D eigenvalue weighted by molar-refractivity contribution is 7.99. The molecule has 0 spiro atoms. The zero-order valence-corrected chi connectivity index (χ0v) is 10.8. The standard InChI is InChI=1S/C13H15FN2OS/c14-9-2-3-12-10(8-9)11(4-7-18-12)15-13(17)16-5-1-6-16/h2-3,8,11H,1,4-7H2,(H,15,17). The van der Waals surface area contributed by atoms with Gasteiger partial charge in [-0.25, -0.2) is 9.18 Å². The van der Waals surface area contributed by atoms with Gasteiger partial charge in [0.1, 0.15) is 5.82 Å². The first-order valence-corrected chi connectivity index (χ1v) is 7.20. The number of carbonyl (C=O) groups excluding carboxylic acids is 1. The van der Waals surface area contributed by atoms with Gasteiger partial charge in [0, 0.05) is 23.7 Å². The molecule has 3 nitrogen and oxygen atoms in total. The molecule has 2 aliphatic rings. The number of amides is 2. The third-order valence-corrected chi connectivity index (χ3v) is 4.57. The molecule has 3 rings (SSSR count). The fourth-order valence-electron chi connectivity index (χ4n) is 2.27. The second-order valence-electron chi connectivity index (χ2n) is 4.66. The molecule has 1 atom stereocenters. The number of rotatable bonds is 1. The number of benzene rings is 1. The summed E-state index contributed by atoms with van der Waals surface area (Å²) >= 11 is 1.72. The first kappa shape index (κ1) is 11.8. The number of urea groups is 1. The van der Waals surface area contributed by atoms with Crippen molar-refractivity contribution in [3.05, 3.63) is 29.6 Å². The number of halogens is 1. The number of carbonyl (C=O) groups is 1. The SMILES string of the molecule is O=C(NC1CCSc2ccc(F)cc21)N1CCC1. The Morgan fingerprint density at radius 1 is 1.44 bits per heavy atom. The number of nitrogens with zero attached hydrogens (tertiary/aromatic N) is 1. The van der Waals surface area contributed by atoms with E-state index in [1.807, 2.05) is 0 Å². The summed E-state index contributed by atoms with van der Waals surface area (Å²) in [4.78, 5) is 14.8. The summed E-state index contributed by atoms with van der Waals surface area (Å²) in [5, 5.41) is 3.01. The molecule has 0 bridgehead atoms. The molecule has 2 aliphatic heterocycles. The van der Waals surface area contributed by atoms with Gasteiger partial charge in [-0.2, -0.15) is 0 Å². The molecule has 1 aromatic rings. The van der Waals surface area contributed by atoms with Crippen LogP contribution in [0.15, 0.2) is 23.1 Å². The zero-order chi connectivity index (χ0) is 12.5. The van der Waals surface area contributed by atoms with Crippen LogP contribution in [0.4, 0.5) is 9.18 Å². The van der Waals surface area contributed by atoms with E-state index in [0.717, 1.165) is 42.1 Å². The maximum absolute atomic E-state index is 13.3. The van der Waals surface area contributed by atoms with Crippen molar-refractivity contribution in [1.29, 1.82) is 0 Å². The molecule has 2 amide bonds. The van der Waals surface area contributed by atoms with E-state index in [1.165, 1.54) is 6.07 Å². The third-order valence-electron chi connectivity index (χ3n) is 3.45. The minimum Gasteiger partial charge on any atom is -0.331 e. The molecule has 0 aromatic heterocycles. The number of thioether (sulfide) groups is 1. The van der Waals surface area contributed by atoms with Gasteiger partial charge >= 0.3 is 6.03 Å². The van der Waals surface area contributed by atoms with E-state index in [4.69, 9.17) is 0 Å². The van der Waals surface area contributed by atoms with E-state index in [-0.39, 0.29) is 17.9 Å². The van der Waals surface area contributed by atoms with Crippen molar-refractivity contribution in [1.82, 2.24) is 10.2 Å². The van der Waals surface area contributed by atoms with Crippen LogP contribution in [0.5, 0.6) is 0 Å². The summed E-state index contributed by atoms with van der Waals surface area (Å²) in [6, 6.07) is 4.75. The van der Waals surface area contributed by atoms with Gasteiger partial charge in [-0.05, 0) is 36.6 Å². The van der Waals surface area contributed by atoms with Crippen LogP contribution in [0.3, 0.4) is 0 Å². The molecule has 5 heteroatoms. The summed E-state index contributed by atoms with van der Waals surface area (Å²) in [7, 11) is 0. The molecule has 0 saturated carbocycles. The largest absolute Gasteiger partial charge is 0.331 e. The monoisotopic (exact) mass is 266 g/mol. The summed E-state index contributed by atoms with van der Waals surface area (Å²) in [5.74, 6) is 0.725. The average Bonchev–Trinajstić information content (AvgIpc) is 2.27. The van der Waals surface area contributed by atoms with E-state index in [1.54, 1.807) is 28.8 Å². The maximum atomic E-state index is 13.3. The molecule has 96 valence electrons. The Bertz CT molecular complexity index is 476. The fourth-order valence-corrected chi connectivity index (χ4v) is 3.38. The lowest BCUT2D eigenvalue weighted by Gasteiger charge is -2.34. The molecular formula is C13H15FN2OS. The minimum atomic E-state index is -0.237. The van der Waals surface area contributed by atoms with Gasteiger partial charge in [0.25, 0.3) is 0 Å². The number of fused-ring (bicyclic) bond motifs is 1. The lowest BCUT2D eigenvalue weighted by atomic mass is 10.0. The molecule has 1 aromatic carbocycles. The van der Waals surface area contributed by atoms with Crippen LogP contribution < -0.4 is 5.32 Å². The fraction of sp³-hybridized carbons (Fsp3) is 0.462. The highest BCUT2D eigenvalue weighted by Crippen LogP contribution is 2.36. The van der Waals surface area contributed by atoms with Crippen LogP contribution in [0.1, 0.15) is 24.4 Å². The Morgan fingerprint density at radius 3 is 3.00 bits per heavy atom. The van der Waals surface area contributed by atoms with Crippen molar-refractivity contribution in [2.45, 2.75) is 23.8 Å². The van der Waals surface area contributed by atoms with E-state index >= 15 is 0 Å². The number of hydrogen-bond acceptors (Lipinski definition) is 2. The molecule has 1 unspecified atom stereocenters. The van der Waals surface area contributed by atoms with Crippen molar-refractivity contribution >= 4 is 17.8 Å². The molecule has 2 heterocycles. The molecule has 0 radical (unpaired) electrons. The molecule has 1 saturated heterocycles. The second kappa shape index (κ2) is 4.80. The smallest absolute Gasteiger partial charge is 0.317 e. The van der Waals surface area contributed by atoms with Gasteiger partial charge in [0.15, 0.2) is 0 Å². The Kier molecular flexibility index (Phi) is 3.16. The minimum absolute atomic E-state index is 0.0200. The zero-order valence-electron chi connectivity index (χ0n) is 9.99. The topological polar surface area (TPSA) is 32.3 Å². The average molecular weight is 266 g/mol. The number of nitrogens with one attached hydrogen (secondary N) is 1. The summed E-state index contributed by atoms with van der Waals surface area (Å²) in [6.07, 6.45) is 1.94. The third kappa shape index (κ3) is 2.19. The first-order valence-electron chi connectivity index (χ1n) is 6.22. The van der Waals surface area contributed by atoms with Gasteiger partial charge in [-0.1, -0.05) is 0 Å². The van der Waals surface area contributed by atoms with E-state index < -0.39 is 0 Å². The Labute approximate surface area is 110 Å². The van der Waals surface area contributed by atoms with Crippen LogP contribution in [0.2, 0.25) is 0 Å². The first-order chi connectivity index (χ1) is 8.74. The Morgan fingerprint density at radius 2 is 2.28 bits per heavy atom. The van der Waals surface area contributed by atoms with Crippen LogP contribution >= 0.6 is 11.8 Å². The summed E-state index contributed by atoms with van der Waals surface area (Å²) in [6.45, 7) is 1.67. The lowest BCUT2D eigenvalue weighted by molar-refractivity contribution is 0.163. The molecule has 0 aliphatic carbocycles. The van der Waals surface area contributed by atoms with Crippen molar-refractivity contribution in [2.24, 2.45) is 0 Å². The molecular weight excluding hydrogens is 251 g/mol. The number of hydrogen-bond donors (Lipinski definition) is 1. The van der Waals surface area contributed by atoms with Crippen molar-refractivity contribution < 1.29 is 9.18 Å². The van der Waals surface area contributed by atoms with Gasteiger partial charge in [0.2, 0.25) is 0 Å². The second-order valence-corrected chi connectivity index (χ2v) is 5.80. The molecule has 1 N–H and O–H groups in total. The van der Waals surface area contributed by atoms with Gasteiger partial charge in [-0.3, -0.25) is 0 Å². The predicted molar refractivity (Wildman–Crippen MR) is 69.2 cm³/mol.